The van der Waals surface area contributed by atoms with Crippen LogP contribution in [-0.4, -0.2) is 39.2 Å². The van der Waals surface area contributed by atoms with E-state index in [1.165, 1.54) is 16.7 Å². The van der Waals surface area contributed by atoms with Crippen LogP contribution >= 0.6 is 24.0 Å². The van der Waals surface area contributed by atoms with Gasteiger partial charge in [-0.1, -0.05) is 42.2 Å². The van der Waals surface area contributed by atoms with Crippen LogP contribution in [0.4, 0.5) is 5.82 Å². The summed E-state index contributed by atoms with van der Waals surface area (Å²) in [4.78, 5) is 30.8. The molecule has 3 rings (SSSR count). The number of carbonyl (C=O) groups excluding carboxylic acids is 2. The van der Waals surface area contributed by atoms with E-state index in [1.807, 2.05) is 31.2 Å². The van der Waals surface area contributed by atoms with Crippen LogP contribution in [0.1, 0.15) is 18.9 Å². The molecule has 2 aromatic rings. The van der Waals surface area contributed by atoms with Crippen LogP contribution in [-0.2, 0) is 9.59 Å². The molecule has 1 saturated heterocycles. The lowest BCUT2D eigenvalue weighted by molar-refractivity contribution is -0.122. The number of nitrogens with one attached hydrogen (secondary N) is 1. The van der Waals surface area contributed by atoms with Crippen molar-refractivity contribution in [2.75, 3.05) is 18.5 Å². The second-order valence-electron chi connectivity index (χ2n) is 5.85. The molecule has 0 aliphatic carbocycles. The fourth-order valence-corrected chi connectivity index (χ4v) is 3.84. The fraction of sp³-hybridized carbons (Fsp3) is 0.200. The van der Waals surface area contributed by atoms with Crippen LogP contribution in [0, 0.1) is 0 Å². The van der Waals surface area contributed by atoms with E-state index in [1.54, 1.807) is 30.5 Å². The quantitative estimate of drug-likeness (QED) is 0.551. The van der Waals surface area contributed by atoms with Crippen LogP contribution < -0.4 is 10.1 Å². The Bertz CT molecular complexity index is 899. The molecule has 2 heterocycles. The van der Waals surface area contributed by atoms with Gasteiger partial charge >= 0.3 is 0 Å². The van der Waals surface area contributed by atoms with Gasteiger partial charge in [-0.2, -0.15) is 0 Å². The Balaban J connectivity index is 1.59. The molecule has 1 N–H and O–H groups in total. The molecular formula is C20H19N3O3S2. The molecule has 0 saturated carbocycles. The molecular weight excluding hydrogens is 394 g/mol. The zero-order valence-electron chi connectivity index (χ0n) is 15.3. The molecule has 0 bridgehead atoms. The minimum Gasteiger partial charge on any atom is -0.494 e. The highest BCUT2D eigenvalue weighted by Gasteiger charge is 2.32. The number of nitrogens with zero attached hydrogens (tertiary/aromatic N) is 2. The van der Waals surface area contributed by atoms with E-state index in [4.69, 9.17) is 17.0 Å². The summed E-state index contributed by atoms with van der Waals surface area (Å²) < 4.78 is 5.87. The molecule has 0 spiro atoms. The zero-order chi connectivity index (χ0) is 19.9. The predicted molar refractivity (Wildman–Crippen MR) is 115 cm³/mol. The predicted octanol–water partition coefficient (Wildman–Crippen LogP) is 3.71. The lowest BCUT2D eigenvalue weighted by Gasteiger charge is -2.13. The number of carbonyl (C=O) groups is 2. The fourth-order valence-electron chi connectivity index (χ4n) is 2.53. The molecule has 144 valence electrons. The lowest BCUT2D eigenvalue weighted by Crippen LogP contribution is -2.31. The Morgan fingerprint density at radius 2 is 2.07 bits per heavy atom. The van der Waals surface area contributed by atoms with Gasteiger partial charge in [0, 0.05) is 19.2 Å². The topological polar surface area (TPSA) is 71.5 Å². The van der Waals surface area contributed by atoms with Crippen molar-refractivity contribution in [2.24, 2.45) is 0 Å². The number of hydrogen-bond donors (Lipinski definition) is 1. The normalized spacial score (nSPS) is 15.2. The van der Waals surface area contributed by atoms with Crippen LogP contribution in [0.3, 0.4) is 0 Å². The van der Waals surface area contributed by atoms with Crippen LogP contribution in [0.15, 0.2) is 53.6 Å². The Labute approximate surface area is 173 Å². The average Bonchev–Trinajstić information content (AvgIpc) is 2.95. The van der Waals surface area contributed by atoms with Crippen LogP contribution in [0.25, 0.3) is 6.08 Å². The third kappa shape index (κ3) is 5.17. The first-order valence-corrected chi connectivity index (χ1v) is 9.98. The van der Waals surface area contributed by atoms with Crippen molar-refractivity contribution in [1.82, 2.24) is 9.88 Å². The number of amides is 2. The summed E-state index contributed by atoms with van der Waals surface area (Å²) in [6, 6.07) is 12.8. The van der Waals surface area contributed by atoms with E-state index in [0.717, 1.165) is 11.3 Å². The molecule has 2 amide bonds. The third-order valence-corrected chi connectivity index (χ3v) is 5.24. The van der Waals surface area contributed by atoms with Crippen molar-refractivity contribution in [1.29, 1.82) is 0 Å². The lowest BCUT2D eigenvalue weighted by atomic mass is 10.2. The highest BCUT2D eigenvalue weighted by atomic mass is 32.2. The first kappa shape index (κ1) is 20.0. The average molecular weight is 414 g/mol. The summed E-state index contributed by atoms with van der Waals surface area (Å²) in [6.45, 7) is 2.76. The maximum atomic E-state index is 12.6. The van der Waals surface area contributed by atoms with Gasteiger partial charge in [-0.15, -0.1) is 0 Å². The smallest absolute Gasteiger partial charge is 0.266 e. The number of pyridine rings is 1. The standard InChI is InChI=1S/C20H19N3O3S2/c1-2-26-15-8-6-14(7-9-15)13-16-19(25)23(20(27)28-16)12-10-18(24)22-17-5-3-4-11-21-17/h3-9,11,13H,2,10,12H2,1H3,(H,21,22,24)/b16-13+. The molecule has 1 fully saturated rings. The second kappa shape index (κ2) is 9.48. The Morgan fingerprint density at radius 1 is 1.29 bits per heavy atom. The Kier molecular flexibility index (Phi) is 6.78. The summed E-state index contributed by atoms with van der Waals surface area (Å²) in [5.41, 5.74) is 0.886. The summed E-state index contributed by atoms with van der Waals surface area (Å²) >= 11 is 6.55. The molecule has 0 radical (unpaired) electrons. The third-order valence-electron chi connectivity index (χ3n) is 3.86. The summed E-state index contributed by atoms with van der Waals surface area (Å²) in [5.74, 6) is 0.858. The van der Waals surface area contributed by atoms with Crippen molar-refractivity contribution in [3.05, 3.63) is 59.1 Å². The second-order valence-corrected chi connectivity index (χ2v) is 7.52. The van der Waals surface area contributed by atoms with Crippen LogP contribution in [0.2, 0.25) is 0 Å². The molecule has 28 heavy (non-hydrogen) atoms. The van der Waals surface area contributed by atoms with Gasteiger partial charge in [0.25, 0.3) is 5.91 Å². The zero-order valence-corrected chi connectivity index (χ0v) is 16.9. The van der Waals surface area contributed by atoms with E-state index in [9.17, 15) is 9.59 Å². The molecule has 1 aromatic heterocycles. The van der Waals surface area contributed by atoms with Crippen molar-refractivity contribution in [3.63, 3.8) is 0 Å². The number of benzene rings is 1. The SMILES string of the molecule is CCOc1ccc(/C=C2/SC(=S)N(CCC(=O)Nc3ccccn3)C2=O)cc1. The molecule has 1 aliphatic rings. The van der Waals surface area contributed by atoms with Crippen molar-refractivity contribution in [3.8, 4) is 5.75 Å². The van der Waals surface area contributed by atoms with Gasteiger partial charge in [-0.3, -0.25) is 14.5 Å². The van der Waals surface area contributed by atoms with E-state index in [0.29, 0.717) is 21.7 Å². The number of aromatic nitrogens is 1. The monoisotopic (exact) mass is 413 g/mol. The highest BCUT2D eigenvalue weighted by molar-refractivity contribution is 8.26. The summed E-state index contributed by atoms with van der Waals surface area (Å²) in [7, 11) is 0. The Morgan fingerprint density at radius 3 is 2.75 bits per heavy atom. The first-order valence-electron chi connectivity index (χ1n) is 8.76. The molecule has 0 atom stereocenters. The van der Waals surface area contributed by atoms with E-state index >= 15 is 0 Å². The number of anilines is 1. The van der Waals surface area contributed by atoms with Gasteiger partial charge in [0.1, 0.15) is 15.9 Å². The molecule has 1 aromatic carbocycles. The van der Waals surface area contributed by atoms with Crippen molar-refractivity contribution < 1.29 is 14.3 Å². The summed E-state index contributed by atoms with van der Waals surface area (Å²) in [6.07, 6.45) is 3.53. The molecule has 0 unspecified atom stereocenters. The number of ether oxygens (including phenoxy) is 1. The van der Waals surface area contributed by atoms with Crippen molar-refractivity contribution >= 4 is 52.0 Å². The largest absolute Gasteiger partial charge is 0.494 e. The van der Waals surface area contributed by atoms with Gasteiger partial charge in [0.05, 0.1) is 11.5 Å². The summed E-state index contributed by atoms with van der Waals surface area (Å²) in [5, 5.41) is 2.70. The van der Waals surface area contributed by atoms with E-state index in [-0.39, 0.29) is 24.8 Å². The maximum Gasteiger partial charge on any atom is 0.266 e. The van der Waals surface area contributed by atoms with Crippen LogP contribution in [0.5, 0.6) is 5.75 Å². The minimum absolute atomic E-state index is 0.138. The number of rotatable bonds is 7. The molecule has 8 heteroatoms. The number of hydrogen-bond acceptors (Lipinski definition) is 6. The Hall–Kier alpha value is -2.71. The molecule has 6 nitrogen and oxygen atoms in total. The van der Waals surface area contributed by atoms with Gasteiger partial charge in [-0.25, -0.2) is 4.98 Å². The minimum atomic E-state index is -0.219. The van der Waals surface area contributed by atoms with Gasteiger partial charge in [0.2, 0.25) is 5.91 Å². The molecule has 1 aliphatic heterocycles. The van der Waals surface area contributed by atoms with Gasteiger partial charge in [-0.05, 0) is 42.8 Å². The highest BCUT2D eigenvalue weighted by Crippen LogP contribution is 2.32. The van der Waals surface area contributed by atoms with E-state index in [2.05, 4.69) is 10.3 Å². The van der Waals surface area contributed by atoms with E-state index < -0.39 is 0 Å². The van der Waals surface area contributed by atoms with Gasteiger partial charge < -0.3 is 10.1 Å². The van der Waals surface area contributed by atoms with Crippen molar-refractivity contribution in [2.45, 2.75) is 13.3 Å². The number of thioether (sulfide) groups is 1. The maximum absolute atomic E-state index is 12.6. The van der Waals surface area contributed by atoms with Gasteiger partial charge in [0.15, 0.2) is 0 Å². The number of thiocarbonyl (C=S) groups is 1. The first-order chi connectivity index (χ1) is 13.6.